The Morgan fingerprint density at radius 3 is 2.81 bits per heavy atom. The number of benzene rings is 2. The number of halogens is 1. The average molecular weight is 406 g/mol. The van der Waals surface area contributed by atoms with E-state index in [1.54, 1.807) is 24.3 Å². The SMILES string of the molecule is COc1ccc(N2C(=O)C(=Cc3ccc4c(c3)OCO4)SC2=S)cc1Cl. The van der Waals surface area contributed by atoms with Gasteiger partial charge in [-0.1, -0.05) is 41.6 Å². The number of thioether (sulfide) groups is 1. The van der Waals surface area contributed by atoms with E-state index in [4.69, 9.17) is 38.0 Å². The van der Waals surface area contributed by atoms with E-state index < -0.39 is 0 Å². The van der Waals surface area contributed by atoms with Gasteiger partial charge < -0.3 is 14.2 Å². The third-order valence-electron chi connectivity index (χ3n) is 3.88. The van der Waals surface area contributed by atoms with Crippen molar-refractivity contribution in [3.63, 3.8) is 0 Å². The molecule has 132 valence electrons. The molecule has 1 saturated heterocycles. The summed E-state index contributed by atoms with van der Waals surface area (Å²) in [4.78, 5) is 14.8. The highest BCUT2D eigenvalue weighted by Crippen LogP contribution is 2.39. The molecule has 2 aromatic rings. The number of nitrogens with zero attached hydrogens (tertiary/aromatic N) is 1. The number of ether oxygens (including phenoxy) is 3. The van der Waals surface area contributed by atoms with Crippen molar-refractivity contribution in [3.05, 3.63) is 51.9 Å². The number of hydrogen-bond donors (Lipinski definition) is 0. The lowest BCUT2D eigenvalue weighted by atomic mass is 10.2. The van der Waals surface area contributed by atoms with Crippen molar-refractivity contribution < 1.29 is 19.0 Å². The molecule has 0 N–H and O–H groups in total. The van der Waals surface area contributed by atoms with E-state index in [1.807, 2.05) is 18.2 Å². The zero-order valence-corrected chi connectivity index (χ0v) is 15.9. The van der Waals surface area contributed by atoms with E-state index in [0.717, 1.165) is 5.56 Å². The van der Waals surface area contributed by atoms with Gasteiger partial charge in [0.25, 0.3) is 5.91 Å². The first-order chi connectivity index (χ1) is 12.6. The predicted molar refractivity (Wildman–Crippen MR) is 106 cm³/mol. The first-order valence-electron chi connectivity index (χ1n) is 7.58. The molecule has 0 spiro atoms. The molecule has 0 aliphatic carbocycles. The minimum atomic E-state index is -0.195. The topological polar surface area (TPSA) is 48.0 Å². The van der Waals surface area contributed by atoms with Crippen molar-refractivity contribution in [2.75, 3.05) is 18.8 Å². The van der Waals surface area contributed by atoms with Crippen LogP contribution >= 0.6 is 35.6 Å². The molecular weight excluding hydrogens is 394 g/mol. The molecule has 2 aliphatic rings. The molecule has 0 bridgehead atoms. The van der Waals surface area contributed by atoms with Gasteiger partial charge in [-0.3, -0.25) is 9.69 Å². The van der Waals surface area contributed by atoms with Crippen molar-refractivity contribution in [2.45, 2.75) is 0 Å². The molecule has 8 heteroatoms. The minimum Gasteiger partial charge on any atom is -0.495 e. The number of carbonyl (C=O) groups is 1. The van der Waals surface area contributed by atoms with Crippen LogP contribution in [0.5, 0.6) is 17.2 Å². The van der Waals surface area contributed by atoms with Gasteiger partial charge in [0.15, 0.2) is 15.8 Å². The van der Waals surface area contributed by atoms with Gasteiger partial charge in [0.2, 0.25) is 6.79 Å². The lowest BCUT2D eigenvalue weighted by molar-refractivity contribution is -0.113. The monoisotopic (exact) mass is 405 g/mol. The minimum absolute atomic E-state index is 0.195. The molecule has 2 heterocycles. The second-order valence-corrected chi connectivity index (χ2v) is 7.53. The van der Waals surface area contributed by atoms with E-state index >= 15 is 0 Å². The molecule has 5 nitrogen and oxygen atoms in total. The Kier molecular flexibility index (Phi) is 4.52. The second kappa shape index (κ2) is 6.83. The molecule has 1 fully saturated rings. The van der Waals surface area contributed by atoms with Crippen LogP contribution in [0.25, 0.3) is 6.08 Å². The van der Waals surface area contributed by atoms with Crippen molar-refractivity contribution in [1.29, 1.82) is 0 Å². The van der Waals surface area contributed by atoms with E-state index in [9.17, 15) is 4.79 Å². The normalized spacial score (nSPS) is 17.3. The lowest BCUT2D eigenvalue weighted by Gasteiger charge is -2.15. The Morgan fingerprint density at radius 1 is 1.23 bits per heavy atom. The van der Waals surface area contributed by atoms with Crippen LogP contribution in [0, 0.1) is 0 Å². The van der Waals surface area contributed by atoms with Crippen LogP contribution in [0.1, 0.15) is 5.56 Å². The maximum atomic E-state index is 12.8. The summed E-state index contributed by atoms with van der Waals surface area (Å²) in [7, 11) is 1.54. The quantitative estimate of drug-likeness (QED) is 0.554. The molecule has 2 aliphatic heterocycles. The molecule has 26 heavy (non-hydrogen) atoms. The summed E-state index contributed by atoms with van der Waals surface area (Å²) in [6.07, 6.45) is 1.78. The van der Waals surface area contributed by atoms with Crippen molar-refractivity contribution in [3.8, 4) is 17.2 Å². The van der Waals surface area contributed by atoms with E-state index in [1.165, 1.54) is 23.8 Å². The first kappa shape index (κ1) is 17.2. The zero-order valence-electron chi connectivity index (χ0n) is 13.5. The Balaban J connectivity index is 1.64. The molecular formula is C18H12ClNO4S2. The van der Waals surface area contributed by atoms with Gasteiger partial charge in [0, 0.05) is 0 Å². The van der Waals surface area contributed by atoms with Gasteiger partial charge in [-0.15, -0.1) is 0 Å². The third kappa shape index (κ3) is 3.02. The fourth-order valence-electron chi connectivity index (χ4n) is 2.64. The summed E-state index contributed by atoms with van der Waals surface area (Å²) in [6, 6.07) is 10.6. The maximum Gasteiger partial charge on any atom is 0.270 e. The molecule has 0 radical (unpaired) electrons. The molecule has 0 atom stereocenters. The predicted octanol–water partition coefficient (Wildman–Crippen LogP) is 4.48. The number of amides is 1. The highest BCUT2D eigenvalue weighted by Gasteiger charge is 2.33. The van der Waals surface area contributed by atoms with Crippen molar-refractivity contribution in [1.82, 2.24) is 0 Å². The summed E-state index contributed by atoms with van der Waals surface area (Å²) in [6.45, 7) is 0.207. The van der Waals surface area contributed by atoms with Crippen molar-refractivity contribution >= 4 is 57.6 Å². The van der Waals surface area contributed by atoms with Crippen LogP contribution in [0.15, 0.2) is 41.3 Å². The number of anilines is 1. The summed E-state index contributed by atoms with van der Waals surface area (Å²) >= 11 is 12.8. The Bertz CT molecular complexity index is 960. The summed E-state index contributed by atoms with van der Waals surface area (Å²) < 4.78 is 16.3. The highest BCUT2D eigenvalue weighted by molar-refractivity contribution is 8.27. The number of thiocarbonyl (C=S) groups is 1. The Hall–Kier alpha value is -2.22. The van der Waals surface area contributed by atoms with Crippen LogP contribution < -0.4 is 19.1 Å². The first-order valence-corrected chi connectivity index (χ1v) is 9.18. The smallest absolute Gasteiger partial charge is 0.270 e. The highest BCUT2D eigenvalue weighted by atomic mass is 35.5. The number of rotatable bonds is 3. The van der Waals surface area contributed by atoms with Gasteiger partial charge in [0.05, 0.1) is 22.7 Å². The number of hydrogen-bond acceptors (Lipinski definition) is 6. The van der Waals surface area contributed by atoms with E-state index in [-0.39, 0.29) is 12.7 Å². The molecule has 0 aromatic heterocycles. The maximum absolute atomic E-state index is 12.8. The van der Waals surface area contributed by atoms with E-state index in [2.05, 4.69) is 0 Å². The summed E-state index contributed by atoms with van der Waals surface area (Å²) in [5, 5.41) is 0.416. The van der Waals surface area contributed by atoms with Crippen LogP contribution in [0.3, 0.4) is 0 Å². The number of fused-ring (bicyclic) bond motifs is 1. The molecule has 1 amide bonds. The summed E-state index contributed by atoms with van der Waals surface area (Å²) in [5.41, 5.74) is 1.44. The van der Waals surface area contributed by atoms with Crippen molar-refractivity contribution in [2.24, 2.45) is 0 Å². The lowest BCUT2D eigenvalue weighted by Crippen LogP contribution is -2.27. The third-order valence-corrected chi connectivity index (χ3v) is 5.48. The fraction of sp³-hybridized carbons (Fsp3) is 0.111. The number of carbonyl (C=O) groups excluding carboxylic acids is 1. The fourth-order valence-corrected chi connectivity index (χ4v) is 4.19. The zero-order chi connectivity index (χ0) is 18.3. The van der Waals surface area contributed by atoms with Crippen LogP contribution in [-0.4, -0.2) is 24.1 Å². The number of methoxy groups -OCH3 is 1. The molecule has 0 saturated carbocycles. The van der Waals surface area contributed by atoms with Crippen LogP contribution in [0.4, 0.5) is 5.69 Å². The Labute approximate surface area is 164 Å². The summed E-state index contributed by atoms with van der Waals surface area (Å²) in [5.74, 6) is 1.70. The Morgan fingerprint density at radius 2 is 2.04 bits per heavy atom. The van der Waals surface area contributed by atoms with Gasteiger partial charge in [-0.05, 0) is 42.0 Å². The average Bonchev–Trinajstić information content (AvgIpc) is 3.19. The van der Waals surface area contributed by atoms with Gasteiger partial charge in [0.1, 0.15) is 5.75 Å². The van der Waals surface area contributed by atoms with Gasteiger partial charge >= 0.3 is 0 Å². The van der Waals surface area contributed by atoms with Gasteiger partial charge in [-0.25, -0.2) is 0 Å². The van der Waals surface area contributed by atoms with Gasteiger partial charge in [-0.2, -0.15) is 0 Å². The van der Waals surface area contributed by atoms with Crippen LogP contribution in [0.2, 0.25) is 5.02 Å². The molecule has 4 rings (SSSR count). The van der Waals surface area contributed by atoms with Crippen LogP contribution in [-0.2, 0) is 4.79 Å². The molecule has 2 aromatic carbocycles. The largest absolute Gasteiger partial charge is 0.495 e. The second-order valence-electron chi connectivity index (χ2n) is 5.45. The van der Waals surface area contributed by atoms with E-state index in [0.29, 0.717) is 37.2 Å². The molecule has 0 unspecified atom stereocenters. The standard InChI is InChI=1S/C18H12ClNO4S2/c1-22-13-5-3-11(8-12(13)19)20-17(21)16(26-18(20)25)7-10-2-4-14-15(6-10)24-9-23-14/h2-8H,9H2,1H3.